The molecule has 0 aromatic rings. The zero-order valence-corrected chi connectivity index (χ0v) is 66.7. The van der Waals surface area contributed by atoms with Gasteiger partial charge in [-0.2, -0.15) is 0 Å². The summed E-state index contributed by atoms with van der Waals surface area (Å²) in [7, 11) is 0. The van der Waals surface area contributed by atoms with Gasteiger partial charge < -0.3 is 136 Å². The molecule has 6 amide bonds. The van der Waals surface area contributed by atoms with Crippen LogP contribution in [-0.2, 0) is 143 Å². The zero-order valence-electron chi connectivity index (χ0n) is 66.7. The van der Waals surface area contributed by atoms with E-state index in [9.17, 15) is 57.5 Å². The number of likely N-dealkylation sites (N-methyl/N-ethyl adjacent to an activating group) is 1. The van der Waals surface area contributed by atoms with Gasteiger partial charge in [0.25, 0.3) is 0 Å². The minimum Gasteiger partial charge on any atom is -0.463 e. The van der Waals surface area contributed by atoms with E-state index in [1.165, 1.54) is 0 Å². The molecule has 0 heterocycles. The van der Waals surface area contributed by atoms with Crippen molar-refractivity contribution in [2.24, 2.45) is 0 Å². The number of hydrogen-bond donors (Lipinski definition) is 6. The summed E-state index contributed by atoms with van der Waals surface area (Å²) in [6.45, 7) is 13.1. The molecular formula is C70H127N9O34. The lowest BCUT2D eigenvalue weighted by atomic mass is 10.4. The van der Waals surface area contributed by atoms with Crippen molar-refractivity contribution in [1.82, 2.24) is 46.6 Å². The number of nitrogens with one attached hydrogen (secondary N) is 6. The van der Waals surface area contributed by atoms with Crippen molar-refractivity contribution >= 4 is 72.0 Å². The van der Waals surface area contributed by atoms with Crippen molar-refractivity contribution in [3.05, 3.63) is 0 Å². The van der Waals surface area contributed by atoms with Crippen LogP contribution in [0.1, 0.15) is 60.3 Å². The van der Waals surface area contributed by atoms with Gasteiger partial charge in [-0.05, 0) is 32.2 Å². The molecule has 0 radical (unpaired) electrons. The number of ether oxygens (including phenoxy) is 22. The van der Waals surface area contributed by atoms with Gasteiger partial charge in [-0.3, -0.25) is 24.3 Å². The van der Waals surface area contributed by atoms with Crippen LogP contribution in [0.25, 0.3) is 0 Å². The Labute approximate surface area is 661 Å². The summed E-state index contributed by atoms with van der Waals surface area (Å²) in [4.78, 5) is 151. The molecule has 0 bridgehead atoms. The molecule has 0 saturated heterocycles. The molecule has 0 unspecified atom stereocenters. The summed E-state index contributed by atoms with van der Waals surface area (Å²) in [5.41, 5.74) is 0. The van der Waals surface area contributed by atoms with Gasteiger partial charge in [0.15, 0.2) is 0 Å². The molecule has 113 heavy (non-hydrogen) atoms. The minimum absolute atomic E-state index is 0.0498. The standard InChI is InChI=1S/C70H127N9O34/c1-6-23-110-67(88)73-13-29-94-41-47-100-55-63(84)106-35-19-78(20-36-107-64(85)56-101-48-42-95-30-14-74-68(89)111-24-7-2)51-59(80)71-11-27-92-39-45-98-53-61(82)104-33-17-77(10-5)18-34-105-62(83)54-99-46-40-93-28-12-72-60(81)52-79(21-37-108-65(86)57-102-49-43-96-31-15-75-69(90)112-25-8-3)22-38-109-66(87)58-103-50-44-97-32-16-76-70(91)113-26-9-4/h6-58H2,1-5H3,(H,71,80)(H,72,81)(H,73,88)(H,74,89)(H,75,90)(H,76,91). The highest BCUT2D eigenvalue weighted by Crippen LogP contribution is 1.99. The van der Waals surface area contributed by atoms with E-state index in [0.717, 1.165) is 0 Å². The van der Waals surface area contributed by atoms with Crippen LogP contribution in [-0.4, -0.2) is 410 Å². The van der Waals surface area contributed by atoms with Crippen molar-refractivity contribution < 1.29 is 162 Å². The third-order valence-corrected chi connectivity index (χ3v) is 13.7. The van der Waals surface area contributed by atoms with E-state index in [2.05, 4.69) is 31.9 Å². The summed E-state index contributed by atoms with van der Waals surface area (Å²) in [6.07, 6.45) is 0.657. The lowest BCUT2D eigenvalue weighted by molar-refractivity contribution is -0.152. The van der Waals surface area contributed by atoms with Crippen LogP contribution in [0, 0.1) is 0 Å². The van der Waals surface area contributed by atoms with Crippen LogP contribution in [0.2, 0.25) is 0 Å². The molecule has 0 aliphatic rings. The number of alkyl carbamates (subject to hydrolysis) is 4. The number of carbonyl (C=O) groups is 12. The second-order valence-corrected chi connectivity index (χ2v) is 23.2. The number of esters is 6. The summed E-state index contributed by atoms with van der Waals surface area (Å²) in [6, 6.07) is 0. The van der Waals surface area contributed by atoms with Crippen molar-refractivity contribution in [2.45, 2.75) is 60.3 Å². The number of amides is 6. The highest BCUT2D eigenvalue weighted by atomic mass is 16.6. The fourth-order valence-corrected chi connectivity index (χ4v) is 8.13. The van der Waals surface area contributed by atoms with Crippen LogP contribution >= 0.6 is 0 Å². The smallest absolute Gasteiger partial charge is 0.407 e. The van der Waals surface area contributed by atoms with Crippen LogP contribution in [0.4, 0.5) is 19.2 Å². The molecule has 0 fully saturated rings. The maximum absolute atomic E-state index is 12.9. The largest absolute Gasteiger partial charge is 0.463 e. The first-order chi connectivity index (χ1) is 54.9. The Hall–Kier alpha value is -7.76. The van der Waals surface area contributed by atoms with Crippen molar-refractivity contribution in [1.29, 1.82) is 0 Å². The summed E-state index contributed by atoms with van der Waals surface area (Å²) in [5.74, 6) is -4.63. The van der Waals surface area contributed by atoms with E-state index in [-0.39, 0.29) is 277 Å². The van der Waals surface area contributed by atoms with Crippen LogP contribution < -0.4 is 31.9 Å². The first-order valence-electron chi connectivity index (χ1n) is 38.1. The normalized spacial score (nSPS) is 11.0. The van der Waals surface area contributed by atoms with Crippen LogP contribution in [0.5, 0.6) is 0 Å². The maximum Gasteiger partial charge on any atom is 0.407 e. The second-order valence-electron chi connectivity index (χ2n) is 23.2. The molecule has 43 nitrogen and oxygen atoms in total. The zero-order chi connectivity index (χ0) is 82.9. The Balaban J connectivity index is 4.61. The highest BCUT2D eigenvalue weighted by molar-refractivity contribution is 5.78. The monoisotopic (exact) mass is 1640 g/mol. The molecule has 0 rings (SSSR count). The Morgan fingerprint density at radius 1 is 0.204 bits per heavy atom. The van der Waals surface area contributed by atoms with E-state index in [0.29, 0.717) is 71.7 Å². The summed E-state index contributed by atoms with van der Waals surface area (Å²) in [5, 5.41) is 15.6. The van der Waals surface area contributed by atoms with Crippen molar-refractivity contribution in [3.8, 4) is 0 Å². The van der Waals surface area contributed by atoms with Crippen molar-refractivity contribution in [2.75, 3.05) is 323 Å². The second kappa shape index (κ2) is 79.5. The van der Waals surface area contributed by atoms with Gasteiger partial charge in [0.2, 0.25) is 11.8 Å². The predicted octanol–water partition coefficient (Wildman–Crippen LogP) is -1.85. The van der Waals surface area contributed by atoms with Gasteiger partial charge in [0, 0.05) is 78.5 Å². The fourth-order valence-electron chi connectivity index (χ4n) is 8.13. The Morgan fingerprint density at radius 2 is 0.389 bits per heavy atom. The average Bonchev–Trinajstić information content (AvgIpc) is 1.07. The molecular weight excluding hydrogens is 1510 g/mol. The number of nitrogens with zero attached hydrogens (tertiary/aromatic N) is 3. The quantitative estimate of drug-likeness (QED) is 0.0221. The van der Waals surface area contributed by atoms with Crippen molar-refractivity contribution in [3.63, 3.8) is 0 Å². The van der Waals surface area contributed by atoms with Crippen LogP contribution in [0.15, 0.2) is 0 Å². The number of carbonyl (C=O) groups excluding carboxylic acids is 12. The van der Waals surface area contributed by atoms with Gasteiger partial charge in [0.05, 0.1) is 158 Å². The van der Waals surface area contributed by atoms with Crippen LogP contribution in [0.3, 0.4) is 0 Å². The van der Waals surface area contributed by atoms with E-state index < -0.39 is 72.0 Å². The molecule has 0 aliphatic carbocycles. The molecule has 43 heteroatoms. The molecule has 0 atom stereocenters. The first kappa shape index (κ1) is 105. The molecule has 0 aromatic carbocycles. The van der Waals surface area contributed by atoms with Gasteiger partial charge in [0.1, 0.15) is 79.3 Å². The molecule has 0 saturated carbocycles. The third-order valence-electron chi connectivity index (χ3n) is 13.7. The SMILES string of the molecule is CCCOC(=O)NCCOCCOCC(=O)OCCN(CCOC(=O)COCCOCCNC(=O)OCCC)CC(=O)NCCOCCOCC(=O)OCCN(CC)CCOC(=O)COCCOCCNC(=O)CN(CCOC(=O)COCCOCCNC(=O)OCCC)CCOC(=O)COCCOCCNC(=O)OCCC. The molecule has 656 valence electrons. The van der Waals surface area contributed by atoms with Gasteiger partial charge >= 0.3 is 60.2 Å². The lowest BCUT2D eigenvalue weighted by Gasteiger charge is -2.21. The molecule has 0 aromatic heterocycles. The van der Waals surface area contributed by atoms with E-state index in [1.807, 2.05) is 39.5 Å². The molecule has 0 aliphatic heterocycles. The Kier molecular flexibility index (Phi) is 74.0. The summed E-state index contributed by atoms with van der Waals surface area (Å²) >= 11 is 0. The maximum atomic E-state index is 12.9. The Morgan fingerprint density at radius 3 is 0.584 bits per heavy atom. The van der Waals surface area contributed by atoms with Gasteiger partial charge in [-0.15, -0.1) is 0 Å². The topological polar surface area (TPSA) is 490 Å². The Bertz CT molecular complexity index is 2200. The number of rotatable bonds is 79. The molecule has 6 N–H and O–H groups in total. The predicted molar refractivity (Wildman–Crippen MR) is 395 cm³/mol. The fraction of sp³-hybridized carbons (Fsp3) is 0.829. The first-order valence-corrected chi connectivity index (χ1v) is 38.1. The lowest BCUT2D eigenvalue weighted by Crippen LogP contribution is -2.41. The van der Waals surface area contributed by atoms with Gasteiger partial charge in [-0.1, -0.05) is 34.6 Å². The van der Waals surface area contributed by atoms with Gasteiger partial charge in [-0.25, -0.2) is 47.9 Å². The number of hydrogen-bond acceptors (Lipinski definition) is 37. The van der Waals surface area contributed by atoms with E-state index in [1.54, 1.807) is 9.80 Å². The summed E-state index contributed by atoms with van der Waals surface area (Å²) < 4.78 is 116. The third kappa shape index (κ3) is 75.4. The highest BCUT2D eigenvalue weighted by Gasteiger charge is 2.18. The molecule has 0 spiro atoms. The average molecular weight is 1640 g/mol. The van der Waals surface area contributed by atoms with E-state index >= 15 is 0 Å². The minimum atomic E-state index is -0.658. The van der Waals surface area contributed by atoms with E-state index in [4.69, 9.17) is 104 Å².